The quantitative estimate of drug-likeness (QED) is 0.621. The minimum Gasteiger partial charge on any atom is -0.324 e. The Morgan fingerprint density at radius 3 is 1.94 bits per heavy atom. The first-order valence-corrected chi connectivity index (χ1v) is 10.2. The highest BCUT2D eigenvalue weighted by Crippen LogP contribution is 2.71. The van der Waals surface area contributed by atoms with Crippen molar-refractivity contribution >= 4 is 11.6 Å². The highest BCUT2D eigenvalue weighted by molar-refractivity contribution is 6.10. The van der Waals surface area contributed by atoms with Crippen LogP contribution in [0.5, 0.6) is 0 Å². The molecule has 0 unspecified atom stereocenters. The first-order chi connectivity index (χ1) is 15.1. The van der Waals surface area contributed by atoms with E-state index in [0.29, 0.717) is 0 Å². The zero-order valence-corrected chi connectivity index (χ0v) is 16.9. The van der Waals surface area contributed by atoms with Crippen LogP contribution in [-0.4, -0.2) is 24.4 Å². The number of para-hydroxylation sites is 1. The molecule has 1 fully saturated rings. The molecule has 1 aliphatic carbocycles. The summed E-state index contributed by atoms with van der Waals surface area (Å²) in [5, 5.41) is 24.2. The number of likely N-dealkylation sites (tertiary alicyclic amines) is 1. The van der Waals surface area contributed by atoms with Crippen molar-refractivity contribution in [2.45, 2.75) is 11.0 Å². The van der Waals surface area contributed by atoms with Gasteiger partial charge in [-0.3, -0.25) is 9.69 Å². The van der Waals surface area contributed by atoms with Crippen molar-refractivity contribution < 1.29 is 4.79 Å². The van der Waals surface area contributed by atoms with Crippen LogP contribution in [0.1, 0.15) is 16.7 Å². The van der Waals surface area contributed by atoms with E-state index < -0.39 is 16.4 Å². The Morgan fingerprint density at radius 2 is 1.35 bits per heavy atom. The molecule has 3 aromatic carbocycles. The number of nitriles is 2. The van der Waals surface area contributed by atoms with Gasteiger partial charge in [-0.25, -0.2) is 0 Å². The predicted octanol–water partition coefficient (Wildman–Crippen LogP) is 3.78. The lowest BCUT2D eigenvalue weighted by molar-refractivity contribution is -0.128. The molecular weight excluding hydrogens is 384 g/mol. The number of nitrogens with zero attached hydrogens (tertiary/aromatic N) is 3. The molecule has 0 saturated carbocycles. The molecule has 0 bridgehead atoms. The third kappa shape index (κ3) is 1.64. The fourth-order valence-electron chi connectivity index (χ4n) is 6.53. The molecule has 2 spiro atoms. The maximum atomic E-state index is 14.0. The van der Waals surface area contributed by atoms with Gasteiger partial charge in [-0.2, -0.15) is 10.5 Å². The zero-order valence-electron chi connectivity index (χ0n) is 16.9. The summed E-state index contributed by atoms with van der Waals surface area (Å²) in [4.78, 5) is 15.9. The second-order valence-electron chi connectivity index (χ2n) is 8.54. The van der Waals surface area contributed by atoms with Crippen molar-refractivity contribution in [3.63, 3.8) is 0 Å². The van der Waals surface area contributed by atoms with Gasteiger partial charge in [-0.1, -0.05) is 66.7 Å². The third-order valence-electron chi connectivity index (χ3n) is 7.46. The standard InChI is InChI=1S/C26H18N4O/c1-30-16-24(14-27,15-28)25(26(30)21-12-6-7-13-22(21)29-23(26)31)19-10-4-2-8-17(19)18-9-3-5-11-20(18)25/h2-13H,16H2,1H3,(H,29,31)/t26-/m0/s1. The largest absolute Gasteiger partial charge is 0.324 e. The topological polar surface area (TPSA) is 79.9 Å². The number of hydrogen-bond acceptors (Lipinski definition) is 4. The highest BCUT2D eigenvalue weighted by Gasteiger charge is 2.80. The Morgan fingerprint density at radius 1 is 0.839 bits per heavy atom. The lowest BCUT2D eigenvalue weighted by atomic mass is 9.52. The van der Waals surface area contributed by atoms with Crippen LogP contribution in [0.25, 0.3) is 11.1 Å². The van der Waals surface area contributed by atoms with Crippen LogP contribution >= 0.6 is 0 Å². The summed E-state index contributed by atoms with van der Waals surface area (Å²) < 4.78 is 0. The molecule has 0 radical (unpaired) electrons. The minimum atomic E-state index is -1.46. The molecule has 148 valence electrons. The average molecular weight is 402 g/mol. The fourth-order valence-corrected chi connectivity index (χ4v) is 6.53. The number of carbonyl (C=O) groups excluding carboxylic acids is 1. The van der Waals surface area contributed by atoms with Crippen molar-refractivity contribution in [2.75, 3.05) is 18.9 Å². The van der Waals surface area contributed by atoms with Gasteiger partial charge >= 0.3 is 0 Å². The Labute approximate surface area is 180 Å². The number of anilines is 1. The molecule has 1 amide bonds. The van der Waals surface area contributed by atoms with Crippen LogP contribution in [0.2, 0.25) is 0 Å². The SMILES string of the molecule is CN1CC(C#N)(C#N)C2(c3ccccc3-c3ccccc32)[C@]12C(=O)Nc1ccccc12. The number of rotatable bonds is 0. The number of fused-ring (bicyclic) bond motifs is 8. The highest BCUT2D eigenvalue weighted by atomic mass is 16.2. The zero-order chi connectivity index (χ0) is 21.4. The predicted molar refractivity (Wildman–Crippen MR) is 116 cm³/mol. The molecule has 1 atom stereocenters. The van der Waals surface area contributed by atoms with Gasteiger partial charge < -0.3 is 5.32 Å². The van der Waals surface area contributed by atoms with Crippen molar-refractivity contribution in [3.05, 3.63) is 89.5 Å². The summed E-state index contributed by atoms with van der Waals surface area (Å²) >= 11 is 0. The van der Waals surface area contributed by atoms with Gasteiger partial charge in [0.2, 0.25) is 0 Å². The van der Waals surface area contributed by atoms with Crippen molar-refractivity contribution in [1.29, 1.82) is 10.5 Å². The van der Waals surface area contributed by atoms with Crippen molar-refractivity contribution in [3.8, 4) is 23.3 Å². The Kier molecular flexibility index (Phi) is 3.23. The summed E-state index contributed by atoms with van der Waals surface area (Å²) in [6.07, 6.45) is 0. The number of amides is 1. The molecule has 6 rings (SSSR count). The van der Waals surface area contributed by atoms with E-state index in [9.17, 15) is 15.3 Å². The van der Waals surface area contributed by atoms with E-state index in [1.54, 1.807) is 0 Å². The van der Waals surface area contributed by atoms with E-state index in [0.717, 1.165) is 33.5 Å². The maximum Gasteiger partial charge on any atom is 0.250 e. The van der Waals surface area contributed by atoms with Crippen LogP contribution in [0.15, 0.2) is 72.8 Å². The number of likely N-dealkylation sites (N-methyl/N-ethyl adjacent to an activating group) is 1. The van der Waals surface area contributed by atoms with Crippen molar-refractivity contribution in [1.82, 2.24) is 4.90 Å². The molecule has 3 aromatic rings. The van der Waals surface area contributed by atoms with Crippen LogP contribution in [0.3, 0.4) is 0 Å². The lowest BCUT2D eigenvalue weighted by Crippen LogP contribution is -2.59. The Balaban J connectivity index is 1.89. The van der Waals surface area contributed by atoms with Crippen LogP contribution in [0.4, 0.5) is 5.69 Å². The molecule has 0 aromatic heterocycles. The average Bonchev–Trinajstić information content (AvgIpc) is 3.37. The Bertz CT molecular complexity index is 1320. The summed E-state index contributed by atoms with van der Waals surface area (Å²) in [7, 11) is 1.85. The van der Waals surface area contributed by atoms with E-state index in [1.807, 2.05) is 84.7 Å². The third-order valence-corrected chi connectivity index (χ3v) is 7.46. The lowest BCUT2D eigenvalue weighted by Gasteiger charge is -2.46. The number of carbonyl (C=O) groups is 1. The fraction of sp³-hybridized carbons (Fsp3) is 0.192. The van der Waals surface area contributed by atoms with E-state index in [-0.39, 0.29) is 12.5 Å². The van der Waals surface area contributed by atoms with Gasteiger partial charge in [-0.15, -0.1) is 0 Å². The summed E-state index contributed by atoms with van der Waals surface area (Å²) in [6.45, 7) is 0.157. The smallest absolute Gasteiger partial charge is 0.250 e. The Hall–Kier alpha value is -3.93. The van der Waals surface area contributed by atoms with E-state index in [4.69, 9.17) is 0 Å². The molecule has 1 saturated heterocycles. The van der Waals surface area contributed by atoms with Crippen LogP contribution in [0, 0.1) is 28.1 Å². The molecule has 3 aliphatic rings. The molecule has 5 nitrogen and oxygen atoms in total. The van der Waals surface area contributed by atoms with Gasteiger partial charge in [0.1, 0.15) is 5.54 Å². The van der Waals surface area contributed by atoms with Gasteiger partial charge in [-0.05, 0) is 35.4 Å². The molecule has 2 heterocycles. The normalized spacial score (nSPS) is 23.6. The van der Waals surface area contributed by atoms with E-state index >= 15 is 0 Å². The summed E-state index contributed by atoms with van der Waals surface area (Å²) in [6, 6.07) is 28.2. The number of benzene rings is 3. The molecule has 5 heteroatoms. The minimum absolute atomic E-state index is 0.157. The van der Waals surface area contributed by atoms with Gasteiger partial charge in [0.15, 0.2) is 5.41 Å². The number of hydrogen-bond donors (Lipinski definition) is 1. The van der Waals surface area contributed by atoms with Gasteiger partial charge in [0.25, 0.3) is 5.91 Å². The molecule has 2 aliphatic heterocycles. The number of nitrogens with one attached hydrogen (secondary N) is 1. The van der Waals surface area contributed by atoms with Crippen LogP contribution < -0.4 is 5.32 Å². The molecular formula is C26H18N4O. The molecule has 1 N–H and O–H groups in total. The first-order valence-electron chi connectivity index (χ1n) is 10.2. The second-order valence-corrected chi connectivity index (χ2v) is 8.54. The van der Waals surface area contributed by atoms with Gasteiger partial charge in [0.05, 0.1) is 17.6 Å². The maximum absolute atomic E-state index is 14.0. The summed E-state index contributed by atoms with van der Waals surface area (Å²) in [5.74, 6) is -0.199. The first kappa shape index (κ1) is 17.9. The van der Waals surface area contributed by atoms with E-state index in [1.165, 1.54) is 0 Å². The van der Waals surface area contributed by atoms with Crippen LogP contribution in [-0.2, 0) is 15.7 Å². The second kappa shape index (κ2) is 5.60. The molecule has 31 heavy (non-hydrogen) atoms. The van der Waals surface area contributed by atoms with E-state index in [2.05, 4.69) is 17.5 Å². The van der Waals surface area contributed by atoms with Gasteiger partial charge in [0, 0.05) is 17.8 Å². The monoisotopic (exact) mass is 402 g/mol. The summed E-state index contributed by atoms with van der Waals surface area (Å²) in [5.41, 5.74) is 1.33. The van der Waals surface area contributed by atoms with Crippen molar-refractivity contribution in [2.24, 2.45) is 5.41 Å².